The maximum Gasteiger partial charge on any atom is 0.100 e. The van der Waals surface area contributed by atoms with Gasteiger partial charge in [0.1, 0.15) is 6.54 Å². The minimum absolute atomic E-state index is 0.834. The van der Waals surface area contributed by atoms with Crippen molar-refractivity contribution < 1.29 is 9.59 Å². The quantitative estimate of drug-likeness (QED) is 0.356. The van der Waals surface area contributed by atoms with Gasteiger partial charge in [0.05, 0.1) is 26.9 Å². The van der Waals surface area contributed by atoms with Crippen molar-refractivity contribution >= 4 is 0 Å². The van der Waals surface area contributed by atoms with Gasteiger partial charge in [-0.05, 0) is 6.08 Å². The first-order valence-corrected chi connectivity index (χ1v) is 3.34. The molecule has 1 N–H and O–H groups in total. The molecular weight excluding hydrogens is 126 g/mol. The summed E-state index contributed by atoms with van der Waals surface area (Å²) in [6.45, 7) is 5.41. The lowest BCUT2D eigenvalue weighted by Crippen LogP contribution is -2.39. The summed E-state index contributed by atoms with van der Waals surface area (Å²) in [7, 11) is 4.17. The summed E-state index contributed by atoms with van der Waals surface area (Å²) >= 11 is 0. The highest BCUT2D eigenvalue weighted by atomic mass is 16.2. The highest BCUT2D eigenvalue weighted by molar-refractivity contribution is 4.72. The van der Waals surface area contributed by atoms with Crippen LogP contribution in [0.5, 0.6) is 0 Å². The topological polar surface area (TPSA) is 20.2 Å². The Bertz CT molecular complexity index is 127. The average molecular weight is 142 g/mol. The summed E-state index contributed by atoms with van der Waals surface area (Å²) in [4.78, 5) is 0. The lowest BCUT2D eigenvalue weighted by molar-refractivity contribution is -0.878. The van der Waals surface area contributed by atoms with Crippen LogP contribution in [0, 0.1) is 0 Å². The fraction of sp³-hybridized carbons (Fsp3) is 0.500. The Morgan fingerprint density at radius 1 is 1.40 bits per heavy atom. The molecule has 0 heterocycles. The lowest BCUT2D eigenvalue weighted by atomic mass is 10.4. The fourth-order valence-corrected chi connectivity index (χ4v) is 0.757. The lowest BCUT2D eigenvalue weighted by Gasteiger charge is -2.26. The van der Waals surface area contributed by atoms with Gasteiger partial charge in [0.25, 0.3) is 0 Å². The molecule has 0 saturated carbocycles. The second-order valence-electron chi connectivity index (χ2n) is 2.97. The first-order chi connectivity index (χ1) is 4.62. The molecule has 0 saturated heterocycles. The van der Waals surface area contributed by atoms with Crippen LogP contribution in [0.1, 0.15) is 0 Å². The SMILES string of the molecule is C=CC[N+](C)(C)CC=CO. The van der Waals surface area contributed by atoms with E-state index in [-0.39, 0.29) is 0 Å². The summed E-state index contributed by atoms with van der Waals surface area (Å²) in [6, 6.07) is 0. The number of aliphatic hydroxyl groups excluding tert-OH is 1. The van der Waals surface area contributed by atoms with Crippen LogP contribution < -0.4 is 0 Å². The molecule has 0 bridgehead atoms. The summed E-state index contributed by atoms with van der Waals surface area (Å²) in [5.74, 6) is 0. The fourth-order valence-electron chi connectivity index (χ4n) is 0.757. The molecule has 0 aliphatic rings. The van der Waals surface area contributed by atoms with Crippen molar-refractivity contribution in [1.29, 1.82) is 0 Å². The standard InChI is InChI=1S/C8H15NO/c1-4-6-9(2,3)7-5-8-10/h4-5,8H,1,6-7H2,2-3H3/p+1. The molecule has 2 nitrogen and oxygen atoms in total. The number of hydrogen-bond donors (Lipinski definition) is 1. The van der Waals surface area contributed by atoms with Gasteiger partial charge in [0, 0.05) is 6.08 Å². The van der Waals surface area contributed by atoms with Gasteiger partial charge in [0.2, 0.25) is 0 Å². The molecule has 0 aromatic carbocycles. The first kappa shape index (κ1) is 9.24. The van der Waals surface area contributed by atoms with Gasteiger partial charge in [-0.25, -0.2) is 0 Å². The van der Waals surface area contributed by atoms with Crippen molar-refractivity contribution in [1.82, 2.24) is 0 Å². The van der Waals surface area contributed by atoms with Crippen LogP contribution in [0.2, 0.25) is 0 Å². The van der Waals surface area contributed by atoms with Crippen LogP contribution in [-0.4, -0.2) is 36.8 Å². The minimum Gasteiger partial charge on any atom is -0.516 e. The molecule has 0 rings (SSSR count). The zero-order valence-electron chi connectivity index (χ0n) is 6.75. The normalized spacial score (nSPS) is 12.2. The molecule has 0 fully saturated rings. The van der Waals surface area contributed by atoms with E-state index in [1.165, 1.54) is 0 Å². The molecule has 2 heteroatoms. The summed E-state index contributed by atoms with van der Waals surface area (Å²) in [5, 5.41) is 8.38. The highest BCUT2D eigenvalue weighted by Crippen LogP contribution is 1.95. The zero-order chi connectivity index (χ0) is 8.04. The Hall–Kier alpha value is -0.760. The molecule has 0 unspecified atom stereocenters. The van der Waals surface area contributed by atoms with Gasteiger partial charge in [-0.3, -0.25) is 0 Å². The van der Waals surface area contributed by atoms with Gasteiger partial charge >= 0.3 is 0 Å². The number of aliphatic hydroxyl groups is 1. The zero-order valence-corrected chi connectivity index (χ0v) is 6.75. The van der Waals surface area contributed by atoms with Crippen LogP contribution >= 0.6 is 0 Å². The predicted molar refractivity (Wildman–Crippen MR) is 43.8 cm³/mol. The first-order valence-electron chi connectivity index (χ1n) is 3.34. The number of likely N-dealkylation sites (N-methyl/N-ethyl adjacent to an activating group) is 1. The van der Waals surface area contributed by atoms with Crippen LogP contribution in [0.4, 0.5) is 0 Å². The van der Waals surface area contributed by atoms with Crippen molar-refractivity contribution in [2.24, 2.45) is 0 Å². The van der Waals surface area contributed by atoms with Crippen LogP contribution in [-0.2, 0) is 0 Å². The summed E-state index contributed by atoms with van der Waals surface area (Å²) in [6.07, 6.45) is 4.71. The summed E-state index contributed by atoms with van der Waals surface area (Å²) in [5.41, 5.74) is 0. The highest BCUT2D eigenvalue weighted by Gasteiger charge is 2.08. The molecule has 0 aromatic heterocycles. The molecule has 0 atom stereocenters. The molecule has 0 spiro atoms. The average Bonchev–Trinajstić information content (AvgIpc) is 1.84. The van der Waals surface area contributed by atoms with E-state index in [0.29, 0.717) is 0 Å². The molecule has 0 amide bonds. The Labute approximate surface area is 62.7 Å². The second kappa shape index (κ2) is 4.12. The number of nitrogens with zero attached hydrogens (tertiary/aromatic N) is 1. The molecular formula is C8H16NO+. The van der Waals surface area contributed by atoms with Crippen LogP contribution in [0.25, 0.3) is 0 Å². The molecule has 0 aliphatic carbocycles. The number of rotatable bonds is 4. The van der Waals surface area contributed by atoms with Gasteiger partial charge in [-0.2, -0.15) is 0 Å². The third-order valence-corrected chi connectivity index (χ3v) is 1.33. The number of hydrogen-bond acceptors (Lipinski definition) is 1. The van der Waals surface area contributed by atoms with E-state index >= 15 is 0 Å². The molecule has 0 aliphatic heterocycles. The van der Waals surface area contributed by atoms with E-state index in [0.717, 1.165) is 23.8 Å². The van der Waals surface area contributed by atoms with Crippen molar-refractivity contribution in [3.05, 3.63) is 25.0 Å². The molecule has 10 heavy (non-hydrogen) atoms. The monoisotopic (exact) mass is 142 g/mol. The van der Waals surface area contributed by atoms with Crippen molar-refractivity contribution in [3.8, 4) is 0 Å². The maximum atomic E-state index is 8.38. The third kappa shape index (κ3) is 4.15. The van der Waals surface area contributed by atoms with E-state index < -0.39 is 0 Å². The Kier molecular flexibility index (Phi) is 3.81. The smallest absolute Gasteiger partial charge is 0.100 e. The van der Waals surface area contributed by atoms with Crippen molar-refractivity contribution in [3.63, 3.8) is 0 Å². The van der Waals surface area contributed by atoms with Gasteiger partial charge in [-0.1, -0.05) is 6.58 Å². The van der Waals surface area contributed by atoms with E-state index in [1.807, 2.05) is 6.08 Å². The van der Waals surface area contributed by atoms with Gasteiger partial charge in [0.15, 0.2) is 0 Å². The van der Waals surface area contributed by atoms with Crippen molar-refractivity contribution in [2.75, 3.05) is 27.2 Å². The van der Waals surface area contributed by atoms with E-state index in [2.05, 4.69) is 20.7 Å². The molecule has 58 valence electrons. The summed E-state index contributed by atoms with van der Waals surface area (Å²) < 4.78 is 0.834. The number of quaternary nitrogens is 1. The minimum atomic E-state index is 0.834. The second-order valence-corrected chi connectivity index (χ2v) is 2.97. The Balaban J connectivity index is 3.73. The van der Waals surface area contributed by atoms with E-state index in [4.69, 9.17) is 5.11 Å². The predicted octanol–water partition coefficient (Wildman–Crippen LogP) is 1.32. The largest absolute Gasteiger partial charge is 0.516 e. The maximum absolute atomic E-state index is 8.38. The molecule has 0 radical (unpaired) electrons. The van der Waals surface area contributed by atoms with Gasteiger partial charge < -0.3 is 9.59 Å². The van der Waals surface area contributed by atoms with Gasteiger partial charge in [-0.15, -0.1) is 0 Å². The Morgan fingerprint density at radius 3 is 2.40 bits per heavy atom. The van der Waals surface area contributed by atoms with Crippen LogP contribution in [0.15, 0.2) is 25.0 Å². The van der Waals surface area contributed by atoms with E-state index in [1.54, 1.807) is 6.08 Å². The Morgan fingerprint density at radius 2 is 2.00 bits per heavy atom. The van der Waals surface area contributed by atoms with Crippen LogP contribution in [0.3, 0.4) is 0 Å². The van der Waals surface area contributed by atoms with E-state index in [9.17, 15) is 0 Å². The van der Waals surface area contributed by atoms with Crippen molar-refractivity contribution in [2.45, 2.75) is 0 Å². The molecule has 0 aromatic rings. The third-order valence-electron chi connectivity index (χ3n) is 1.33.